The maximum atomic E-state index is 12.6. The van der Waals surface area contributed by atoms with Crippen molar-refractivity contribution < 1.29 is 17.1 Å². The van der Waals surface area contributed by atoms with E-state index in [1.54, 1.807) is 18.2 Å². The first-order valence-corrected chi connectivity index (χ1v) is 5.38. The number of rotatable bonds is 3. The van der Waals surface area contributed by atoms with E-state index in [-0.39, 0.29) is 5.75 Å². The summed E-state index contributed by atoms with van der Waals surface area (Å²) >= 11 is 0. The van der Waals surface area contributed by atoms with E-state index in [1.165, 1.54) is 12.1 Å². The highest BCUT2D eigenvalue weighted by Gasteiger charge is 2.20. The van der Waals surface area contributed by atoms with Gasteiger partial charge >= 0.3 is 16.9 Å². The lowest BCUT2D eigenvalue weighted by atomic mass is 10.3. The molecular formula is C6H5F3NOP2+. The van der Waals surface area contributed by atoms with Crippen LogP contribution in [0.3, 0.4) is 0 Å². The van der Waals surface area contributed by atoms with E-state index in [9.17, 15) is 12.6 Å². The molecule has 0 aliphatic rings. The highest BCUT2D eigenvalue weighted by atomic mass is 31.2. The Labute approximate surface area is 75.5 Å². The zero-order valence-electron chi connectivity index (χ0n) is 6.27. The molecule has 1 aromatic rings. The van der Waals surface area contributed by atoms with E-state index in [0.29, 0.717) is 0 Å². The van der Waals surface area contributed by atoms with Gasteiger partial charge in [0, 0.05) is 0 Å². The molecule has 0 heterocycles. The van der Waals surface area contributed by atoms with E-state index in [1.807, 2.05) is 0 Å². The highest BCUT2D eigenvalue weighted by molar-refractivity contribution is 7.53. The van der Waals surface area contributed by atoms with Gasteiger partial charge in [-0.2, -0.15) is 4.20 Å². The fourth-order valence-corrected chi connectivity index (χ4v) is 1.51. The molecule has 1 atom stereocenters. The molecule has 0 aromatic heterocycles. The van der Waals surface area contributed by atoms with Crippen LogP contribution in [0.25, 0.3) is 0 Å². The number of para-hydroxylation sites is 1. The Kier molecular flexibility index (Phi) is 4.13. The molecule has 0 spiro atoms. The predicted octanol–water partition coefficient (Wildman–Crippen LogP) is 4.70. The lowest BCUT2D eigenvalue weighted by Gasteiger charge is -2.00. The average Bonchev–Trinajstić information content (AvgIpc) is 2.04. The molecule has 1 rings (SSSR count). The van der Waals surface area contributed by atoms with Crippen LogP contribution in [0, 0.1) is 0 Å². The van der Waals surface area contributed by atoms with E-state index in [0.717, 1.165) is 0 Å². The predicted molar refractivity (Wildman–Crippen MR) is 46.7 cm³/mol. The number of halogens is 3. The summed E-state index contributed by atoms with van der Waals surface area (Å²) in [5, 5.41) is 0. The number of hydrogen-bond acceptors (Lipinski definition) is 2. The molecular weight excluding hydrogens is 221 g/mol. The molecule has 0 bridgehead atoms. The highest BCUT2D eigenvalue weighted by Crippen LogP contribution is 2.49. The third-order valence-electron chi connectivity index (χ3n) is 1.06. The molecule has 70 valence electrons. The van der Waals surface area contributed by atoms with E-state index in [4.69, 9.17) is 0 Å². The zero-order chi connectivity index (χ0) is 9.68. The second kappa shape index (κ2) is 5.15. The fraction of sp³-hybridized carbons (Fsp3) is 0. The largest absolute Gasteiger partial charge is 0.668 e. The van der Waals surface area contributed by atoms with Gasteiger partial charge in [0.1, 0.15) is 5.75 Å². The standard InChI is InChI=1S/C6H5F3NOP2/c7-12(8)10-13(9)11-6-4-2-1-3-5-6/h1-5H/q+1. The van der Waals surface area contributed by atoms with Crippen LogP contribution >= 0.6 is 16.9 Å². The summed E-state index contributed by atoms with van der Waals surface area (Å²) in [5.41, 5.74) is 0. The Balaban J connectivity index is 2.55. The van der Waals surface area contributed by atoms with Gasteiger partial charge in [-0.1, -0.05) is 18.2 Å². The Morgan fingerprint density at radius 1 is 1.23 bits per heavy atom. The van der Waals surface area contributed by atoms with E-state index >= 15 is 0 Å². The van der Waals surface area contributed by atoms with Crippen molar-refractivity contribution >= 4 is 16.9 Å². The van der Waals surface area contributed by atoms with Crippen LogP contribution < -0.4 is 4.52 Å². The lowest BCUT2D eigenvalue weighted by Crippen LogP contribution is -1.78. The molecule has 0 fully saturated rings. The number of hydrogen-bond donors (Lipinski definition) is 0. The summed E-state index contributed by atoms with van der Waals surface area (Å²) in [6.45, 7) is 0. The van der Waals surface area contributed by atoms with Crippen LogP contribution in [0.2, 0.25) is 0 Å². The Hall–Kier alpha value is -0.660. The van der Waals surface area contributed by atoms with Crippen LogP contribution in [0.1, 0.15) is 0 Å². The van der Waals surface area contributed by atoms with Crippen molar-refractivity contribution in [1.82, 2.24) is 0 Å². The first kappa shape index (κ1) is 10.4. The first-order chi connectivity index (χ1) is 6.18. The van der Waals surface area contributed by atoms with Gasteiger partial charge in [-0.3, -0.25) is 0 Å². The Bertz CT molecular complexity index is 291. The maximum absolute atomic E-state index is 12.6. The molecule has 0 aliphatic heterocycles. The van der Waals surface area contributed by atoms with Crippen molar-refractivity contribution in [3.63, 3.8) is 0 Å². The van der Waals surface area contributed by atoms with Gasteiger partial charge < -0.3 is 4.52 Å². The monoisotopic (exact) mass is 226 g/mol. The molecule has 0 saturated carbocycles. The number of benzene rings is 1. The molecule has 0 saturated heterocycles. The van der Waals surface area contributed by atoms with Gasteiger partial charge in [0.15, 0.2) is 0 Å². The topological polar surface area (TPSA) is 21.6 Å². The van der Waals surface area contributed by atoms with E-state index in [2.05, 4.69) is 9.04 Å². The molecule has 0 amide bonds. The van der Waals surface area contributed by atoms with Gasteiger partial charge in [0.05, 0.1) is 12.9 Å². The quantitative estimate of drug-likeness (QED) is 0.684. The minimum Gasteiger partial charge on any atom is -0.425 e. The minimum absolute atomic E-state index is 0.205. The molecule has 0 radical (unpaired) electrons. The van der Waals surface area contributed by atoms with Gasteiger partial charge in [-0.05, 0) is 12.1 Å². The van der Waals surface area contributed by atoms with Gasteiger partial charge in [-0.25, -0.2) is 0 Å². The third kappa shape index (κ3) is 4.20. The summed E-state index contributed by atoms with van der Waals surface area (Å²) in [4.78, 5) is 0. The van der Waals surface area contributed by atoms with Crippen LogP contribution in [-0.2, 0) is 0 Å². The molecule has 0 aliphatic carbocycles. The molecule has 2 nitrogen and oxygen atoms in total. The van der Waals surface area contributed by atoms with Crippen LogP contribution in [0.4, 0.5) is 12.6 Å². The second-order valence-corrected chi connectivity index (χ2v) is 3.72. The van der Waals surface area contributed by atoms with Gasteiger partial charge in [-0.15, -0.1) is 0 Å². The summed E-state index contributed by atoms with van der Waals surface area (Å²) < 4.78 is 42.7. The van der Waals surface area contributed by atoms with Crippen molar-refractivity contribution in [3.05, 3.63) is 30.3 Å². The normalized spacial score (nSPS) is 11.9. The average molecular weight is 226 g/mol. The Morgan fingerprint density at radius 2 is 1.85 bits per heavy atom. The molecule has 1 aromatic carbocycles. The lowest BCUT2D eigenvalue weighted by molar-refractivity contribution is 0.565. The first-order valence-electron chi connectivity index (χ1n) is 3.20. The molecule has 1 unspecified atom stereocenters. The van der Waals surface area contributed by atoms with E-state index < -0.39 is 16.9 Å². The van der Waals surface area contributed by atoms with Crippen molar-refractivity contribution in [2.75, 3.05) is 0 Å². The van der Waals surface area contributed by atoms with Crippen LogP contribution in [0.15, 0.2) is 34.8 Å². The fourth-order valence-electron chi connectivity index (χ4n) is 0.640. The zero-order valence-corrected chi connectivity index (χ0v) is 8.06. The molecule has 13 heavy (non-hydrogen) atoms. The summed E-state index contributed by atoms with van der Waals surface area (Å²) in [6, 6.07) is 7.90. The van der Waals surface area contributed by atoms with Crippen LogP contribution in [0.5, 0.6) is 5.75 Å². The smallest absolute Gasteiger partial charge is 0.425 e. The Morgan fingerprint density at radius 3 is 2.38 bits per heavy atom. The van der Waals surface area contributed by atoms with Crippen molar-refractivity contribution in [2.45, 2.75) is 0 Å². The van der Waals surface area contributed by atoms with Gasteiger partial charge in [0.25, 0.3) is 0 Å². The summed E-state index contributed by atoms with van der Waals surface area (Å²) in [7, 11) is -6.47. The number of nitrogens with zero attached hydrogens (tertiary/aromatic N) is 1. The third-order valence-corrected chi connectivity index (χ3v) is 2.53. The van der Waals surface area contributed by atoms with Crippen molar-refractivity contribution in [3.8, 4) is 5.75 Å². The van der Waals surface area contributed by atoms with Gasteiger partial charge in [0.2, 0.25) is 0 Å². The summed E-state index contributed by atoms with van der Waals surface area (Å²) in [6.07, 6.45) is 0. The molecule has 7 heteroatoms. The SMILES string of the molecule is FP(N=[P+](F)F)Oc1ccccc1. The van der Waals surface area contributed by atoms with Crippen LogP contribution in [-0.4, -0.2) is 0 Å². The molecule has 0 N–H and O–H groups in total. The maximum Gasteiger partial charge on any atom is 0.668 e. The summed E-state index contributed by atoms with van der Waals surface area (Å²) in [5.74, 6) is 0.205. The minimum atomic E-state index is -3.58. The second-order valence-electron chi connectivity index (χ2n) is 1.94. The van der Waals surface area contributed by atoms with Crippen molar-refractivity contribution in [2.24, 2.45) is 4.52 Å². The van der Waals surface area contributed by atoms with Crippen molar-refractivity contribution in [1.29, 1.82) is 0 Å².